The number of nitrogens with zero attached hydrogens (tertiary/aromatic N) is 1. The number of benzene rings is 2. The van der Waals surface area contributed by atoms with E-state index in [2.05, 4.69) is 10.5 Å². The fraction of sp³-hybridized carbons (Fsp3) is 0.222. The van der Waals surface area contributed by atoms with Crippen molar-refractivity contribution in [3.63, 3.8) is 0 Å². The number of nitrogens with one attached hydrogen (secondary N) is 1. The van der Waals surface area contributed by atoms with Gasteiger partial charge in [-0.25, -0.2) is 0 Å². The fourth-order valence-electron chi connectivity index (χ4n) is 2.43. The maximum absolute atomic E-state index is 12.4. The molecule has 6 nitrogen and oxygen atoms in total. The molecule has 124 valence electrons. The predicted molar refractivity (Wildman–Crippen MR) is 90.6 cm³/mol. The molecule has 1 heterocycles. The lowest BCUT2D eigenvalue weighted by Gasteiger charge is -2.13. The third-order valence-electron chi connectivity index (χ3n) is 3.73. The summed E-state index contributed by atoms with van der Waals surface area (Å²) in [4.78, 5) is 17.7. The summed E-state index contributed by atoms with van der Waals surface area (Å²) in [5.41, 5.74) is 2.27. The lowest BCUT2D eigenvalue weighted by Crippen LogP contribution is -2.28. The molecular formula is C18H18N2O4. The molecule has 0 aromatic heterocycles. The highest BCUT2D eigenvalue weighted by molar-refractivity contribution is 6.06. The van der Waals surface area contributed by atoms with Crippen molar-refractivity contribution in [2.24, 2.45) is 5.16 Å². The molecule has 1 aliphatic rings. The molecule has 6 heteroatoms. The second-order valence-electron chi connectivity index (χ2n) is 5.26. The van der Waals surface area contributed by atoms with Gasteiger partial charge in [0.2, 0.25) is 6.10 Å². The standard InChI is InChI=1S/C18H18N2O4/c1-22-13-8-9-14(16(10-13)23-2)19-18(21)17-11-15(20-24-17)12-6-4-3-5-7-12/h3-10,17H,11H2,1-2H3,(H,19,21)/t17-/m0/s1. The molecule has 2 aromatic rings. The van der Waals surface area contributed by atoms with Gasteiger partial charge in [0.05, 0.1) is 25.6 Å². The summed E-state index contributed by atoms with van der Waals surface area (Å²) in [6.07, 6.45) is -0.235. The predicted octanol–water partition coefficient (Wildman–Crippen LogP) is 2.84. The van der Waals surface area contributed by atoms with Gasteiger partial charge >= 0.3 is 0 Å². The minimum absolute atomic E-state index is 0.270. The van der Waals surface area contributed by atoms with Gasteiger partial charge in [0, 0.05) is 12.5 Å². The Balaban J connectivity index is 1.67. The number of hydrogen-bond donors (Lipinski definition) is 1. The van der Waals surface area contributed by atoms with Gasteiger partial charge in [0.1, 0.15) is 11.5 Å². The Morgan fingerprint density at radius 3 is 2.67 bits per heavy atom. The van der Waals surface area contributed by atoms with Gasteiger partial charge in [-0.3, -0.25) is 4.79 Å². The fourth-order valence-corrected chi connectivity index (χ4v) is 2.43. The Bertz CT molecular complexity index is 759. The third kappa shape index (κ3) is 3.32. The lowest BCUT2D eigenvalue weighted by molar-refractivity contribution is -0.125. The van der Waals surface area contributed by atoms with E-state index in [1.807, 2.05) is 30.3 Å². The molecule has 0 aliphatic carbocycles. The summed E-state index contributed by atoms with van der Waals surface area (Å²) in [6, 6.07) is 14.8. The van der Waals surface area contributed by atoms with Crippen LogP contribution in [0.15, 0.2) is 53.7 Å². The first-order valence-electron chi connectivity index (χ1n) is 7.52. The zero-order valence-electron chi connectivity index (χ0n) is 13.5. The number of carbonyl (C=O) groups excluding carboxylic acids is 1. The Hall–Kier alpha value is -3.02. The molecule has 3 rings (SSSR count). The number of oxime groups is 1. The highest BCUT2D eigenvalue weighted by atomic mass is 16.6. The molecule has 0 spiro atoms. The number of methoxy groups -OCH3 is 2. The van der Waals surface area contributed by atoms with Crippen molar-refractivity contribution in [1.82, 2.24) is 0 Å². The van der Waals surface area contributed by atoms with Crippen molar-refractivity contribution >= 4 is 17.3 Å². The topological polar surface area (TPSA) is 69.2 Å². The molecular weight excluding hydrogens is 308 g/mol. The van der Waals surface area contributed by atoms with Crippen LogP contribution >= 0.6 is 0 Å². The van der Waals surface area contributed by atoms with Crippen LogP contribution in [-0.4, -0.2) is 31.9 Å². The van der Waals surface area contributed by atoms with Crippen molar-refractivity contribution in [2.45, 2.75) is 12.5 Å². The molecule has 1 N–H and O–H groups in total. The molecule has 24 heavy (non-hydrogen) atoms. The molecule has 0 radical (unpaired) electrons. The summed E-state index contributed by atoms with van der Waals surface area (Å²) < 4.78 is 10.4. The Kier molecular flexibility index (Phi) is 4.65. The summed E-state index contributed by atoms with van der Waals surface area (Å²) in [6.45, 7) is 0. The van der Waals surface area contributed by atoms with Gasteiger partial charge in [0.15, 0.2) is 0 Å². The maximum Gasteiger partial charge on any atom is 0.268 e. The van der Waals surface area contributed by atoms with E-state index in [0.717, 1.165) is 11.3 Å². The molecule has 0 bridgehead atoms. The summed E-state index contributed by atoms with van der Waals surface area (Å²) in [5.74, 6) is 0.898. The van der Waals surface area contributed by atoms with E-state index in [-0.39, 0.29) is 5.91 Å². The second-order valence-corrected chi connectivity index (χ2v) is 5.26. The van der Waals surface area contributed by atoms with Crippen LogP contribution in [0.4, 0.5) is 5.69 Å². The average molecular weight is 326 g/mol. The second kappa shape index (κ2) is 7.04. The van der Waals surface area contributed by atoms with Crippen molar-refractivity contribution in [3.8, 4) is 11.5 Å². The molecule has 1 amide bonds. The first-order valence-corrected chi connectivity index (χ1v) is 7.52. The van der Waals surface area contributed by atoms with Gasteiger partial charge < -0.3 is 19.6 Å². The smallest absolute Gasteiger partial charge is 0.268 e. The number of anilines is 1. The van der Waals surface area contributed by atoms with Crippen molar-refractivity contribution in [1.29, 1.82) is 0 Å². The Morgan fingerprint density at radius 1 is 1.17 bits per heavy atom. The number of ether oxygens (including phenoxy) is 2. The third-order valence-corrected chi connectivity index (χ3v) is 3.73. The average Bonchev–Trinajstić information content (AvgIpc) is 3.13. The van der Waals surface area contributed by atoms with Crippen LogP contribution in [0.2, 0.25) is 0 Å². The first kappa shape index (κ1) is 15.9. The largest absolute Gasteiger partial charge is 0.497 e. The van der Waals surface area contributed by atoms with Crippen LogP contribution in [0.5, 0.6) is 11.5 Å². The van der Waals surface area contributed by atoms with E-state index >= 15 is 0 Å². The molecule has 0 fully saturated rings. The molecule has 1 aliphatic heterocycles. The van der Waals surface area contributed by atoms with Gasteiger partial charge in [-0.15, -0.1) is 0 Å². The number of carbonyl (C=O) groups is 1. The monoisotopic (exact) mass is 326 g/mol. The highest BCUT2D eigenvalue weighted by Gasteiger charge is 2.29. The van der Waals surface area contributed by atoms with Gasteiger partial charge in [-0.2, -0.15) is 0 Å². The molecule has 0 saturated carbocycles. The van der Waals surface area contributed by atoms with E-state index in [9.17, 15) is 4.79 Å². The van der Waals surface area contributed by atoms with Crippen LogP contribution in [0.1, 0.15) is 12.0 Å². The lowest BCUT2D eigenvalue weighted by atomic mass is 10.0. The summed E-state index contributed by atoms with van der Waals surface area (Å²) in [5, 5.41) is 6.83. The molecule has 1 atom stereocenters. The van der Waals surface area contributed by atoms with Crippen molar-refractivity contribution in [2.75, 3.05) is 19.5 Å². The Morgan fingerprint density at radius 2 is 1.96 bits per heavy atom. The zero-order chi connectivity index (χ0) is 16.9. The summed E-state index contributed by atoms with van der Waals surface area (Å²) >= 11 is 0. The van der Waals surface area contributed by atoms with Crippen LogP contribution in [0, 0.1) is 0 Å². The van der Waals surface area contributed by atoms with Gasteiger partial charge in [-0.05, 0) is 17.7 Å². The van der Waals surface area contributed by atoms with Gasteiger partial charge in [-0.1, -0.05) is 35.5 Å². The minimum Gasteiger partial charge on any atom is -0.497 e. The normalized spacial score (nSPS) is 16.1. The maximum atomic E-state index is 12.4. The van der Waals surface area contributed by atoms with E-state index in [1.54, 1.807) is 25.3 Å². The van der Waals surface area contributed by atoms with Crippen LogP contribution in [0.25, 0.3) is 0 Å². The van der Waals surface area contributed by atoms with Crippen LogP contribution < -0.4 is 14.8 Å². The summed E-state index contributed by atoms with van der Waals surface area (Å²) in [7, 11) is 3.11. The van der Waals surface area contributed by atoms with E-state index < -0.39 is 6.10 Å². The minimum atomic E-state index is -0.660. The molecule has 2 aromatic carbocycles. The molecule has 0 unspecified atom stereocenters. The quantitative estimate of drug-likeness (QED) is 0.917. The number of hydrogen-bond acceptors (Lipinski definition) is 5. The van der Waals surface area contributed by atoms with E-state index in [1.165, 1.54) is 7.11 Å². The molecule has 0 saturated heterocycles. The van der Waals surface area contributed by atoms with Crippen LogP contribution in [-0.2, 0) is 9.63 Å². The number of rotatable bonds is 5. The van der Waals surface area contributed by atoms with Gasteiger partial charge in [0.25, 0.3) is 5.91 Å². The Labute approximate surface area is 140 Å². The first-order chi connectivity index (χ1) is 11.7. The zero-order valence-corrected chi connectivity index (χ0v) is 13.5. The van der Waals surface area contributed by atoms with Crippen LogP contribution in [0.3, 0.4) is 0 Å². The number of amides is 1. The van der Waals surface area contributed by atoms with E-state index in [0.29, 0.717) is 23.6 Å². The van der Waals surface area contributed by atoms with Crippen molar-refractivity contribution < 1.29 is 19.1 Å². The van der Waals surface area contributed by atoms with Crippen molar-refractivity contribution in [3.05, 3.63) is 54.1 Å². The highest BCUT2D eigenvalue weighted by Crippen LogP contribution is 2.29. The SMILES string of the molecule is COc1ccc(NC(=O)[C@@H]2CC(c3ccccc3)=NO2)c(OC)c1. The van der Waals surface area contributed by atoms with E-state index in [4.69, 9.17) is 14.3 Å².